The fraction of sp³-hybridized carbons (Fsp3) is 0.407. The molecule has 0 aliphatic rings. The zero-order valence-electron chi connectivity index (χ0n) is 18.7. The van der Waals surface area contributed by atoms with E-state index in [2.05, 4.69) is 87.7 Å². The summed E-state index contributed by atoms with van der Waals surface area (Å²) < 4.78 is 0. The van der Waals surface area contributed by atoms with Crippen molar-refractivity contribution in [2.24, 2.45) is 0 Å². The van der Waals surface area contributed by atoms with Gasteiger partial charge in [0.1, 0.15) is 0 Å². The van der Waals surface area contributed by atoms with E-state index in [0.717, 1.165) is 37.9 Å². The standard InChI is InChI=1S/C27H37NO/c1-6-10-26(25-12-9-8-11-21(25)3)27-20-24(15-13-22(27)4)16-14-23(5)28(17-7-2)18-19-29/h8-13,15,20,29H,5-7,14,16-19H2,1-4H3/b26-10+. The molecule has 0 aromatic heterocycles. The van der Waals surface area contributed by atoms with Crippen molar-refractivity contribution in [1.82, 2.24) is 4.90 Å². The van der Waals surface area contributed by atoms with Crippen LogP contribution in [0.25, 0.3) is 5.57 Å². The second-order valence-corrected chi connectivity index (χ2v) is 7.77. The average Bonchev–Trinajstić information content (AvgIpc) is 2.72. The topological polar surface area (TPSA) is 23.5 Å². The van der Waals surface area contributed by atoms with Gasteiger partial charge in [0.05, 0.1) is 6.61 Å². The Morgan fingerprint density at radius 2 is 1.72 bits per heavy atom. The van der Waals surface area contributed by atoms with E-state index in [1.165, 1.54) is 33.4 Å². The summed E-state index contributed by atoms with van der Waals surface area (Å²) in [6.45, 7) is 14.8. The van der Waals surface area contributed by atoms with Crippen molar-refractivity contribution in [2.45, 2.75) is 53.4 Å². The SMILES string of the molecule is C=C(CCc1ccc(C)c(/C(=C/CC)c2ccccc2C)c1)N(CCC)CCO. The smallest absolute Gasteiger partial charge is 0.0606 e. The van der Waals surface area contributed by atoms with Gasteiger partial charge in [-0.15, -0.1) is 0 Å². The van der Waals surface area contributed by atoms with Gasteiger partial charge in [0.25, 0.3) is 0 Å². The van der Waals surface area contributed by atoms with Crippen LogP contribution in [-0.2, 0) is 6.42 Å². The Morgan fingerprint density at radius 1 is 1.00 bits per heavy atom. The molecule has 2 nitrogen and oxygen atoms in total. The third-order valence-electron chi connectivity index (χ3n) is 5.45. The molecule has 156 valence electrons. The van der Waals surface area contributed by atoms with Gasteiger partial charge in [-0.1, -0.05) is 69.0 Å². The number of nitrogens with zero attached hydrogens (tertiary/aromatic N) is 1. The molecule has 2 aromatic rings. The predicted octanol–water partition coefficient (Wildman–Crippen LogP) is 6.30. The van der Waals surface area contributed by atoms with Crippen molar-refractivity contribution in [3.8, 4) is 0 Å². The van der Waals surface area contributed by atoms with Gasteiger partial charge in [-0.05, 0) is 72.9 Å². The van der Waals surface area contributed by atoms with E-state index in [4.69, 9.17) is 0 Å². The summed E-state index contributed by atoms with van der Waals surface area (Å²) >= 11 is 0. The van der Waals surface area contributed by atoms with Crippen molar-refractivity contribution in [2.75, 3.05) is 19.7 Å². The molecule has 29 heavy (non-hydrogen) atoms. The first-order chi connectivity index (χ1) is 14.0. The molecule has 0 radical (unpaired) electrons. The summed E-state index contributed by atoms with van der Waals surface area (Å²) in [7, 11) is 0. The lowest BCUT2D eigenvalue weighted by molar-refractivity contribution is 0.223. The third kappa shape index (κ3) is 6.33. The largest absolute Gasteiger partial charge is 0.395 e. The molecule has 2 aromatic carbocycles. The lowest BCUT2D eigenvalue weighted by Gasteiger charge is -2.25. The number of aliphatic hydroxyl groups is 1. The van der Waals surface area contributed by atoms with Crippen molar-refractivity contribution in [3.63, 3.8) is 0 Å². The number of hydrogen-bond acceptors (Lipinski definition) is 2. The van der Waals surface area contributed by atoms with Crippen LogP contribution < -0.4 is 0 Å². The number of benzene rings is 2. The van der Waals surface area contributed by atoms with Crippen molar-refractivity contribution in [1.29, 1.82) is 0 Å². The van der Waals surface area contributed by atoms with Crippen molar-refractivity contribution < 1.29 is 5.11 Å². The highest BCUT2D eigenvalue weighted by Gasteiger charge is 2.12. The molecule has 2 rings (SSSR count). The minimum atomic E-state index is 0.176. The number of hydrogen-bond donors (Lipinski definition) is 1. The van der Waals surface area contributed by atoms with E-state index in [9.17, 15) is 5.11 Å². The first-order valence-corrected chi connectivity index (χ1v) is 10.9. The van der Waals surface area contributed by atoms with Crippen LogP contribution in [-0.4, -0.2) is 29.7 Å². The molecule has 2 heteroatoms. The monoisotopic (exact) mass is 391 g/mol. The molecular weight excluding hydrogens is 354 g/mol. The van der Waals surface area contributed by atoms with E-state index in [-0.39, 0.29) is 6.61 Å². The van der Waals surface area contributed by atoms with Crippen LogP contribution in [0.3, 0.4) is 0 Å². The predicted molar refractivity (Wildman–Crippen MR) is 126 cm³/mol. The fourth-order valence-electron chi connectivity index (χ4n) is 3.82. The zero-order valence-corrected chi connectivity index (χ0v) is 18.7. The Balaban J connectivity index is 2.26. The number of allylic oxidation sites excluding steroid dienone is 2. The van der Waals surface area contributed by atoms with Crippen LogP contribution in [0.1, 0.15) is 60.9 Å². The van der Waals surface area contributed by atoms with Gasteiger partial charge >= 0.3 is 0 Å². The van der Waals surface area contributed by atoms with Crippen LogP contribution in [0.5, 0.6) is 0 Å². The molecule has 0 saturated heterocycles. The lowest BCUT2D eigenvalue weighted by atomic mass is 9.89. The van der Waals surface area contributed by atoms with E-state index < -0.39 is 0 Å². The second kappa shape index (κ2) is 11.6. The molecular formula is C27H37NO. The quantitative estimate of drug-likeness (QED) is 0.486. The van der Waals surface area contributed by atoms with E-state index in [0.29, 0.717) is 6.54 Å². The van der Waals surface area contributed by atoms with Crippen LogP contribution in [0.15, 0.2) is 60.8 Å². The Morgan fingerprint density at radius 3 is 2.38 bits per heavy atom. The third-order valence-corrected chi connectivity index (χ3v) is 5.45. The van der Waals surface area contributed by atoms with Gasteiger partial charge in [-0.3, -0.25) is 0 Å². The lowest BCUT2D eigenvalue weighted by Crippen LogP contribution is -2.27. The maximum Gasteiger partial charge on any atom is 0.0606 e. The first-order valence-electron chi connectivity index (χ1n) is 10.9. The minimum absolute atomic E-state index is 0.176. The van der Waals surface area contributed by atoms with Gasteiger partial charge in [-0.2, -0.15) is 0 Å². The molecule has 0 fully saturated rings. The Hall–Kier alpha value is -2.32. The zero-order chi connectivity index (χ0) is 21.2. The molecule has 0 aliphatic heterocycles. The van der Waals surface area contributed by atoms with E-state index in [1.54, 1.807) is 0 Å². The maximum atomic E-state index is 9.32. The summed E-state index contributed by atoms with van der Waals surface area (Å²) in [5, 5.41) is 9.32. The minimum Gasteiger partial charge on any atom is -0.395 e. The molecule has 0 amide bonds. The summed E-state index contributed by atoms with van der Waals surface area (Å²) in [5.74, 6) is 0. The highest BCUT2D eigenvalue weighted by atomic mass is 16.3. The van der Waals surface area contributed by atoms with Crippen LogP contribution in [0, 0.1) is 13.8 Å². The van der Waals surface area contributed by atoms with Crippen molar-refractivity contribution in [3.05, 3.63) is 88.6 Å². The Labute approximate surface area is 177 Å². The van der Waals surface area contributed by atoms with Gasteiger partial charge in [0.15, 0.2) is 0 Å². The normalized spacial score (nSPS) is 11.6. The fourth-order valence-corrected chi connectivity index (χ4v) is 3.82. The molecule has 0 saturated carbocycles. The number of aliphatic hydroxyl groups excluding tert-OH is 1. The molecule has 1 N–H and O–H groups in total. The van der Waals surface area contributed by atoms with Crippen LogP contribution >= 0.6 is 0 Å². The molecule has 0 aliphatic carbocycles. The summed E-state index contributed by atoms with van der Waals surface area (Å²) in [6.07, 6.45) is 6.30. The summed E-state index contributed by atoms with van der Waals surface area (Å²) in [5.41, 5.74) is 9.04. The second-order valence-electron chi connectivity index (χ2n) is 7.77. The van der Waals surface area contributed by atoms with Gasteiger partial charge in [0, 0.05) is 18.8 Å². The average molecular weight is 392 g/mol. The van der Waals surface area contributed by atoms with Crippen LogP contribution in [0.4, 0.5) is 0 Å². The van der Waals surface area contributed by atoms with Crippen molar-refractivity contribution >= 4 is 5.57 Å². The van der Waals surface area contributed by atoms with Gasteiger partial charge in [0.2, 0.25) is 0 Å². The summed E-state index contributed by atoms with van der Waals surface area (Å²) in [6, 6.07) is 15.5. The molecule has 0 spiro atoms. The number of aryl methyl sites for hydroxylation is 3. The molecule has 0 atom stereocenters. The Kier molecular flexibility index (Phi) is 9.21. The van der Waals surface area contributed by atoms with Gasteiger partial charge < -0.3 is 10.0 Å². The Bertz CT molecular complexity index is 828. The molecule has 0 unspecified atom stereocenters. The van der Waals surface area contributed by atoms with Gasteiger partial charge in [-0.25, -0.2) is 0 Å². The first kappa shape index (κ1) is 23.0. The highest BCUT2D eigenvalue weighted by Crippen LogP contribution is 2.30. The van der Waals surface area contributed by atoms with E-state index in [1.807, 2.05) is 0 Å². The highest BCUT2D eigenvalue weighted by molar-refractivity contribution is 5.83. The molecule has 0 heterocycles. The summed E-state index contributed by atoms with van der Waals surface area (Å²) in [4.78, 5) is 2.21. The maximum absolute atomic E-state index is 9.32. The molecule has 0 bridgehead atoms. The van der Waals surface area contributed by atoms with Crippen LogP contribution in [0.2, 0.25) is 0 Å². The van der Waals surface area contributed by atoms with E-state index >= 15 is 0 Å². The number of rotatable bonds is 11.